The number of nitrogens with one attached hydrogen (secondary N) is 1. The molecular formula is C14H17Cl2N3. The van der Waals surface area contributed by atoms with Crippen LogP contribution in [0.3, 0.4) is 0 Å². The van der Waals surface area contributed by atoms with Crippen molar-refractivity contribution in [2.45, 2.75) is 19.4 Å². The molecule has 1 aromatic rings. The van der Waals surface area contributed by atoms with Gasteiger partial charge in [-0.3, -0.25) is 0 Å². The zero-order chi connectivity index (χ0) is 13.4. The Balaban J connectivity index is 1.88. The average molecular weight is 298 g/mol. The van der Waals surface area contributed by atoms with E-state index in [4.69, 9.17) is 23.2 Å². The number of halogens is 2. The molecule has 0 radical (unpaired) electrons. The molecule has 3 rings (SSSR count). The van der Waals surface area contributed by atoms with Gasteiger partial charge in [0.1, 0.15) is 0 Å². The number of nitrogens with zero attached hydrogens (tertiary/aromatic N) is 2. The Kier molecular flexibility index (Phi) is 3.70. The second kappa shape index (κ2) is 5.31. The first kappa shape index (κ1) is 13.2. The van der Waals surface area contributed by atoms with Crippen LogP contribution >= 0.6 is 23.2 Å². The maximum atomic E-state index is 6.34. The molecule has 1 saturated heterocycles. The normalized spacial score (nSPS) is 26.8. The number of hydrogen-bond acceptors (Lipinski definition) is 3. The predicted octanol–water partition coefficient (Wildman–Crippen LogP) is 3.34. The lowest BCUT2D eigenvalue weighted by atomic mass is 9.86. The van der Waals surface area contributed by atoms with E-state index < -0.39 is 0 Å². The third-order valence-electron chi connectivity index (χ3n) is 4.08. The molecule has 102 valence electrons. The second-order valence-corrected chi connectivity index (χ2v) is 5.89. The average Bonchev–Trinajstić information content (AvgIpc) is 2.84. The van der Waals surface area contributed by atoms with E-state index in [9.17, 15) is 0 Å². The highest BCUT2D eigenvalue weighted by atomic mass is 35.5. The van der Waals surface area contributed by atoms with Crippen molar-refractivity contribution in [1.29, 1.82) is 0 Å². The van der Waals surface area contributed by atoms with Gasteiger partial charge < -0.3 is 10.3 Å². The zero-order valence-corrected chi connectivity index (χ0v) is 12.4. The number of fused-ring (bicyclic) bond motifs is 1. The maximum Gasteiger partial charge on any atom is 0.0797 e. The summed E-state index contributed by atoms with van der Waals surface area (Å²) in [5.41, 5.74) is 5.57. The van der Waals surface area contributed by atoms with E-state index in [1.54, 1.807) is 0 Å². The summed E-state index contributed by atoms with van der Waals surface area (Å²) in [6.07, 6.45) is 1.04. The Morgan fingerprint density at radius 2 is 2.26 bits per heavy atom. The molecule has 1 N–H and O–H groups in total. The van der Waals surface area contributed by atoms with Crippen LogP contribution in [0, 0.1) is 5.92 Å². The Bertz CT molecular complexity index is 515. The first-order valence-corrected chi connectivity index (χ1v) is 7.44. The fraction of sp³-hybridized carbons (Fsp3) is 0.500. The van der Waals surface area contributed by atoms with Crippen molar-refractivity contribution < 1.29 is 0 Å². The molecule has 2 unspecified atom stereocenters. The molecule has 0 amide bonds. The maximum absolute atomic E-state index is 6.34. The first-order chi connectivity index (χ1) is 9.20. The molecule has 0 bridgehead atoms. The van der Waals surface area contributed by atoms with E-state index in [-0.39, 0.29) is 6.04 Å². The highest BCUT2D eigenvalue weighted by molar-refractivity contribution is 6.42. The summed E-state index contributed by atoms with van der Waals surface area (Å²) in [4.78, 5) is 2.46. The van der Waals surface area contributed by atoms with Gasteiger partial charge in [0.2, 0.25) is 0 Å². The molecule has 0 aliphatic carbocycles. The number of benzene rings is 1. The molecule has 0 aromatic heterocycles. The fourth-order valence-electron chi connectivity index (χ4n) is 2.95. The van der Waals surface area contributed by atoms with Crippen molar-refractivity contribution in [2.24, 2.45) is 11.0 Å². The van der Waals surface area contributed by atoms with Crippen molar-refractivity contribution in [3.8, 4) is 0 Å². The first-order valence-electron chi connectivity index (χ1n) is 6.69. The summed E-state index contributed by atoms with van der Waals surface area (Å²) in [7, 11) is 0. The molecule has 2 aliphatic heterocycles. The van der Waals surface area contributed by atoms with Crippen LogP contribution in [0.2, 0.25) is 10.0 Å². The molecule has 3 nitrogen and oxygen atoms in total. The summed E-state index contributed by atoms with van der Waals surface area (Å²) >= 11 is 12.5. The third kappa shape index (κ3) is 2.35. The lowest BCUT2D eigenvalue weighted by Gasteiger charge is -2.33. The van der Waals surface area contributed by atoms with Crippen LogP contribution in [0.1, 0.15) is 24.9 Å². The van der Waals surface area contributed by atoms with Crippen LogP contribution in [0.5, 0.6) is 0 Å². The minimum Gasteiger partial charge on any atom is -0.302 e. The Labute approximate surface area is 123 Å². The van der Waals surface area contributed by atoms with E-state index in [2.05, 4.69) is 22.4 Å². The van der Waals surface area contributed by atoms with Gasteiger partial charge in [-0.1, -0.05) is 42.3 Å². The van der Waals surface area contributed by atoms with E-state index in [0.29, 0.717) is 16.0 Å². The van der Waals surface area contributed by atoms with Crippen LogP contribution < -0.4 is 5.43 Å². The summed E-state index contributed by atoms with van der Waals surface area (Å²) < 4.78 is 0. The standard InChI is InChI=1S/C14H17Cl2N3/c1-2-19-7-6-12-10(8-19)14(18-17-12)9-4-3-5-11(15)13(9)16/h3-5,10,14,18H,2,6-8H2,1H3. The SMILES string of the molecule is CCN1CCC2=NNC(c3cccc(Cl)c3Cl)C2C1. The van der Waals surface area contributed by atoms with Crippen LogP contribution in [-0.4, -0.2) is 30.2 Å². The van der Waals surface area contributed by atoms with Crippen molar-refractivity contribution in [2.75, 3.05) is 19.6 Å². The van der Waals surface area contributed by atoms with Gasteiger partial charge in [0.25, 0.3) is 0 Å². The quantitative estimate of drug-likeness (QED) is 0.907. The molecule has 19 heavy (non-hydrogen) atoms. The number of hydrogen-bond donors (Lipinski definition) is 1. The van der Waals surface area contributed by atoms with Crippen LogP contribution in [-0.2, 0) is 0 Å². The molecule has 0 spiro atoms. The monoisotopic (exact) mass is 297 g/mol. The van der Waals surface area contributed by atoms with Gasteiger partial charge in [-0.25, -0.2) is 0 Å². The number of piperidine rings is 1. The van der Waals surface area contributed by atoms with Gasteiger partial charge in [-0.05, 0) is 18.2 Å². The van der Waals surface area contributed by atoms with Crippen molar-refractivity contribution in [3.63, 3.8) is 0 Å². The van der Waals surface area contributed by atoms with Gasteiger partial charge in [-0.15, -0.1) is 0 Å². The summed E-state index contributed by atoms with van der Waals surface area (Å²) in [5.74, 6) is 0.407. The van der Waals surface area contributed by atoms with Crippen LogP contribution in [0.4, 0.5) is 0 Å². The van der Waals surface area contributed by atoms with Gasteiger partial charge in [0, 0.05) is 31.1 Å². The molecule has 5 heteroatoms. The van der Waals surface area contributed by atoms with E-state index in [1.165, 1.54) is 5.71 Å². The summed E-state index contributed by atoms with van der Waals surface area (Å²) in [5, 5.41) is 5.75. The molecule has 0 saturated carbocycles. The second-order valence-electron chi connectivity index (χ2n) is 5.10. The molecule has 2 aliphatic rings. The van der Waals surface area contributed by atoms with E-state index in [0.717, 1.165) is 31.6 Å². The lowest BCUT2D eigenvalue weighted by molar-refractivity contribution is 0.238. The van der Waals surface area contributed by atoms with Crippen molar-refractivity contribution in [3.05, 3.63) is 33.8 Å². The third-order valence-corrected chi connectivity index (χ3v) is 4.91. The lowest BCUT2D eigenvalue weighted by Crippen LogP contribution is -2.41. The minimum absolute atomic E-state index is 0.149. The van der Waals surface area contributed by atoms with Gasteiger partial charge in [0.05, 0.1) is 16.1 Å². The fourth-order valence-corrected chi connectivity index (χ4v) is 3.37. The van der Waals surface area contributed by atoms with Gasteiger partial charge >= 0.3 is 0 Å². The summed E-state index contributed by atoms with van der Waals surface area (Å²) in [6, 6.07) is 5.96. The molecule has 2 heterocycles. The summed E-state index contributed by atoms with van der Waals surface area (Å²) in [6.45, 7) is 5.42. The van der Waals surface area contributed by atoms with Crippen molar-refractivity contribution >= 4 is 28.9 Å². The topological polar surface area (TPSA) is 27.6 Å². The molecule has 1 aromatic carbocycles. The van der Waals surface area contributed by atoms with E-state index >= 15 is 0 Å². The zero-order valence-electron chi connectivity index (χ0n) is 10.9. The van der Waals surface area contributed by atoms with Gasteiger partial charge in [-0.2, -0.15) is 5.10 Å². The van der Waals surface area contributed by atoms with Gasteiger partial charge in [0.15, 0.2) is 0 Å². The minimum atomic E-state index is 0.149. The Morgan fingerprint density at radius 3 is 3.05 bits per heavy atom. The molecule has 1 fully saturated rings. The number of rotatable bonds is 2. The van der Waals surface area contributed by atoms with E-state index in [1.807, 2.05) is 18.2 Å². The molecule has 2 atom stereocenters. The van der Waals surface area contributed by atoms with Crippen LogP contribution in [0.15, 0.2) is 23.3 Å². The number of likely N-dealkylation sites (tertiary alicyclic amines) is 1. The smallest absolute Gasteiger partial charge is 0.0797 e. The van der Waals surface area contributed by atoms with Crippen LogP contribution in [0.25, 0.3) is 0 Å². The Hall–Kier alpha value is -0.770. The largest absolute Gasteiger partial charge is 0.302 e. The highest BCUT2D eigenvalue weighted by Gasteiger charge is 2.37. The number of hydrazone groups is 1. The Morgan fingerprint density at radius 1 is 1.42 bits per heavy atom. The highest BCUT2D eigenvalue weighted by Crippen LogP contribution is 2.38. The molecular weight excluding hydrogens is 281 g/mol. The predicted molar refractivity (Wildman–Crippen MR) is 80.0 cm³/mol. The van der Waals surface area contributed by atoms with Crippen molar-refractivity contribution in [1.82, 2.24) is 10.3 Å².